The summed E-state index contributed by atoms with van der Waals surface area (Å²) in [5.74, 6) is 0.330. The van der Waals surface area contributed by atoms with Crippen LogP contribution >= 0.6 is 11.8 Å². The molecule has 2 heterocycles. The molecular weight excluding hydrogens is 272 g/mol. The molecule has 18 heavy (non-hydrogen) atoms. The van der Waals surface area contributed by atoms with Crippen LogP contribution in [0.5, 0.6) is 0 Å². The van der Waals surface area contributed by atoms with Gasteiger partial charge in [0.1, 0.15) is 0 Å². The summed E-state index contributed by atoms with van der Waals surface area (Å²) in [6, 6.07) is -0.351. The van der Waals surface area contributed by atoms with Crippen LogP contribution in [-0.4, -0.2) is 50.2 Å². The third kappa shape index (κ3) is 4.29. The van der Waals surface area contributed by atoms with E-state index in [4.69, 9.17) is 0 Å². The maximum atomic E-state index is 11.7. The van der Waals surface area contributed by atoms with E-state index >= 15 is 0 Å². The largest absolute Gasteiger partial charge is 0.348 e. The standard InChI is InChI=1S/C11H18N2O3S2/c14-11(7-17-10-1-4-12-5-2-10)13-9-3-6-18(15,16)8-9/h3,6,9-10,12H,1-2,4-5,7-8H2,(H,13,14). The van der Waals surface area contributed by atoms with E-state index in [9.17, 15) is 13.2 Å². The maximum absolute atomic E-state index is 11.7. The van der Waals surface area contributed by atoms with E-state index in [0.29, 0.717) is 11.0 Å². The highest BCUT2D eigenvalue weighted by molar-refractivity contribution is 8.00. The van der Waals surface area contributed by atoms with Crippen LogP contribution in [0.3, 0.4) is 0 Å². The highest BCUT2D eigenvalue weighted by Gasteiger charge is 2.23. The first-order valence-corrected chi connectivity index (χ1v) is 8.84. The number of hydrogen-bond donors (Lipinski definition) is 2. The number of piperidine rings is 1. The summed E-state index contributed by atoms with van der Waals surface area (Å²) in [4.78, 5) is 11.7. The summed E-state index contributed by atoms with van der Waals surface area (Å²) in [7, 11) is -3.09. The molecule has 0 saturated carbocycles. The van der Waals surface area contributed by atoms with E-state index in [-0.39, 0.29) is 17.7 Å². The average Bonchev–Trinajstić information content (AvgIpc) is 2.67. The van der Waals surface area contributed by atoms with E-state index < -0.39 is 9.84 Å². The summed E-state index contributed by atoms with van der Waals surface area (Å²) >= 11 is 1.66. The topological polar surface area (TPSA) is 75.3 Å². The van der Waals surface area contributed by atoms with Gasteiger partial charge in [0, 0.05) is 10.7 Å². The minimum absolute atomic E-state index is 0.00322. The second-order valence-electron chi connectivity index (χ2n) is 4.59. The second-order valence-corrected chi connectivity index (χ2v) is 7.81. The summed E-state index contributed by atoms with van der Waals surface area (Å²) in [6.45, 7) is 2.03. The van der Waals surface area contributed by atoms with Gasteiger partial charge in [0.2, 0.25) is 5.91 Å². The molecule has 1 atom stereocenters. The van der Waals surface area contributed by atoms with Crippen molar-refractivity contribution in [3.8, 4) is 0 Å². The molecule has 0 aromatic heterocycles. The third-order valence-corrected chi connectivity index (χ3v) is 5.78. The molecule has 0 aromatic carbocycles. The molecule has 1 fully saturated rings. The number of nitrogens with one attached hydrogen (secondary N) is 2. The number of thioether (sulfide) groups is 1. The molecule has 0 radical (unpaired) electrons. The SMILES string of the molecule is O=C(CSC1CCNCC1)NC1C=CS(=O)(=O)C1. The quantitative estimate of drug-likeness (QED) is 0.756. The summed E-state index contributed by atoms with van der Waals surface area (Å²) in [5.41, 5.74) is 0. The minimum Gasteiger partial charge on any atom is -0.348 e. The monoisotopic (exact) mass is 290 g/mol. The number of rotatable bonds is 4. The zero-order valence-electron chi connectivity index (χ0n) is 10.1. The summed E-state index contributed by atoms with van der Waals surface area (Å²) in [5, 5.41) is 7.73. The Morgan fingerprint density at radius 3 is 2.72 bits per heavy atom. The Morgan fingerprint density at radius 2 is 2.11 bits per heavy atom. The van der Waals surface area contributed by atoms with Crippen molar-refractivity contribution in [2.75, 3.05) is 24.6 Å². The Hall–Kier alpha value is -0.530. The highest BCUT2D eigenvalue weighted by Crippen LogP contribution is 2.19. The van der Waals surface area contributed by atoms with Crippen molar-refractivity contribution in [3.63, 3.8) is 0 Å². The predicted octanol–water partition coefficient (Wildman–Crippen LogP) is -0.101. The van der Waals surface area contributed by atoms with Crippen LogP contribution in [0.2, 0.25) is 0 Å². The van der Waals surface area contributed by atoms with Crippen molar-refractivity contribution in [3.05, 3.63) is 11.5 Å². The molecule has 0 aromatic rings. The van der Waals surface area contributed by atoms with Crippen molar-refractivity contribution in [2.45, 2.75) is 24.1 Å². The van der Waals surface area contributed by atoms with Crippen molar-refractivity contribution in [1.29, 1.82) is 0 Å². The fourth-order valence-electron chi connectivity index (χ4n) is 2.07. The highest BCUT2D eigenvalue weighted by atomic mass is 32.2. The number of amides is 1. The first-order chi connectivity index (χ1) is 8.55. The van der Waals surface area contributed by atoms with Crippen molar-refractivity contribution in [1.82, 2.24) is 10.6 Å². The molecule has 1 unspecified atom stereocenters. The molecule has 0 spiro atoms. The van der Waals surface area contributed by atoms with Crippen LogP contribution < -0.4 is 10.6 Å². The van der Waals surface area contributed by atoms with Gasteiger partial charge in [-0.25, -0.2) is 8.42 Å². The predicted molar refractivity (Wildman–Crippen MR) is 73.2 cm³/mol. The molecule has 1 amide bonds. The Kier molecular flexibility index (Phi) is 4.69. The van der Waals surface area contributed by atoms with Gasteiger partial charge in [-0.15, -0.1) is 11.8 Å². The lowest BCUT2D eigenvalue weighted by Gasteiger charge is -2.22. The Morgan fingerprint density at radius 1 is 1.39 bits per heavy atom. The molecule has 2 N–H and O–H groups in total. The first-order valence-electron chi connectivity index (χ1n) is 6.08. The van der Waals surface area contributed by atoms with E-state index in [1.165, 1.54) is 5.41 Å². The lowest BCUT2D eigenvalue weighted by molar-refractivity contribution is -0.118. The van der Waals surface area contributed by atoms with E-state index in [1.807, 2.05) is 0 Å². The molecule has 2 rings (SSSR count). The fourth-order valence-corrected chi connectivity index (χ4v) is 4.34. The number of carbonyl (C=O) groups excluding carboxylic acids is 1. The smallest absolute Gasteiger partial charge is 0.230 e. The minimum atomic E-state index is -3.09. The molecular formula is C11H18N2O3S2. The molecule has 0 aliphatic carbocycles. The molecule has 102 valence electrons. The Balaban J connectivity index is 1.68. The van der Waals surface area contributed by atoms with Gasteiger partial charge in [-0.2, -0.15) is 0 Å². The zero-order valence-corrected chi connectivity index (χ0v) is 11.7. The summed E-state index contributed by atoms with van der Waals surface area (Å²) in [6.07, 6.45) is 3.73. The molecule has 7 heteroatoms. The second kappa shape index (κ2) is 6.08. The normalized spacial score (nSPS) is 27.2. The molecule has 1 saturated heterocycles. The van der Waals surface area contributed by atoms with Crippen molar-refractivity contribution in [2.24, 2.45) is 0 Å². The Labute approximate surface area is 112 Å². The molecule has 5 nitrogen and oxygen atoms in total. The number of sulfone groups is 1. The number of carbonyl (C=O) groups is 1. The first kappa shape index (κ1) is 13.9. The summed E-state index contributed by atoms with van der Waals surface area (Å²) < 4.78 is 22.4. The lowest BCUT2D eigenvalue weighted by atomic mass is 10.2. The van der Waals surface area contributed by atoms with E-state index in [0.717, 1.165) is 25.9 Å². The van der Waals surface area contributed by atoms with Crippen LogP contribution in [0.1, 0.15) is 12.8 Å². The molecule has 0 bridgehead atoms. The lowest BCUT2D eigenvalue weighted by Crippen LogP contribution is -2.37. The average molecular weight is 290 g/mol. The van der Waals surface area contributed by atoms with Gasteiger partial charge in [0.15, 0.2) is 9.84 Å². The number of hydrogen-bond acceptors (Lipinski definition) is 5. The van der Waals surface area contributed by atoms with Gasteiger partial charge < -0.3 is 10.6 Å². The van der Waals surface area contributed by atoms with Gasteiger partial charge in [-0.3, -0.25) is 4.79 Å². The van der Waals surface area contributed by atoms with Crippen LogP contribution in [0.25, 0.3) is 0 Å². The van der Waals surface area contributed by atoms with Crippen LogP contribution in [0.15, 0.2) is 11.5 Å². The maximum Gasteiger partial charge on any atom is 0.230 e. The molecule has 2 aliphatic rings. The van der Waals surface area contributed by atoms with Gasteiger partial charge in [0.25, 0.3) is 0 Å². The van der Waals surface area contributed by atoms with Crippen LogP contribution in [-0.2, 0) is 14.6 Å². The van der Waals surface area contributed by atoms with Gasteiger partial charge >= 0.3 is 0 Å². The van der Waals surface area contributed by atoms with E-state index in [1.54, 1.807) is 17.8 Å². The van der Waals surface area contributed by atoms with Gasteiger partial charge in [-0.05, 0) is 32.0 Å². The fraction of sp³-hybridized carbons (Fsp3) is 0.727. The van der Waals surface area contributed by atoms with Crippen LogP contribution in [0, 0.1) is 0 Å². The van der Waals surface area contributed by atoms with Crippen molar-refractivity contribution >= 4 is 27.5 Å². The van der Waals surface area contributed by atoms with E-state index in [2.05, 4.69) is 10.6 Å². The molecule has 2 aliphatic heterocycles. The third-order valence-electron chi connectivity index (χ3n) is 3.01. The van der Waals surface area contributed by atoms with Crippen molar-refractivity contribution < 1.29 is 13.2 Å². The zero-order chi connectivity index (χ0) is 13.0. The van der Waals surface area contributed by atoms with Gasteiger partial charge in [-0.1, -0.05) is 0 Å². The van der Waals surface area contributed by atoms with Gasteiger partial charge in [0.05, 0.1) is 17.5 Å². The van der Waals surface area contributed by atoms with Crippen LogP contribution in [0.4, 0.5) is 0 Å². The Bertz CT molecular complexity index is 428.